The second-order valence-corrected chi connectivity index (χ2v) is 7.50. The second-order valence-electron chi connectivity index (χ2n) is 7.50. The van der Waals surface area contributed by atoms with Crippen molar-refractivity contribution in [3.63, 3.8) is 0 Å². The summed E-state index contributed by atoms with van der Waals surface area (Å²) in [5.41, 5.74) is 3.43. The number of hydrogen-bond donors (Lipinski definition) is 1. The summed E-state index contributed by atoms with van der Waals surface area (Å²) in [6.07, 6.45) is 1.14. The molecule has 0 saturated carbocycles. The van der Waals surface area contributed by atoms with Crippen LogP contribution in [0.25, 0.3) is 0 Å². The Bertz CT molecular complexity index is 1000. The van der Waals surface area contributed by atoms with Crippen molar-refractivity contribution in [3.05, 3.63) is 96.1 Å². The van der Waals surface area contributed by atoms with Gasteiger partial charge < -0.3 is 10.2 Å². The Hall–Kier alpha value is -3.40. The Morgan fingerprint density at radius 1 is 0.897 bits per heavy atom. The van der Waals surface area contributed by atoms with Crippen LogP contribution in [0.4, 0.5) is 11.4 Å². The Kier molecular flexibility index (Phi) is 5.43. The number of carbonyl (C=O) groups is 2. The zero-order chi connectivity index (χ0) is 20.2. The van der Waals surface area contributed by atoms with Crippen LogP contribution in [-0.2, 0) is 4.79 Å². The summed E-state index contributed by atoms with van der Waals surface area (Å²) in [6.45, 7) is 2.05. The number of fused-ring (bicyclic) bond motifs is 1. The maximum absolute atomic E-state index is 13.2. The Balaban J connectivity index is 1.58. The summed E-state index contributed by atoms with van der Waals surface area (Å²) in [4.78, 5) is 27.7. The minimum absolute atomic E-state index is 0.00210. The average molecular weight is 384 g/mol. The fourth-order valence-corrected chi connectivity index (χ4v) is 4.11. The molecule has 146 valence electrons. The van der Waals surface area contributed by atoms with Gasteiger partial charge in [-0.25, -0.2) is 0 Å². The van der Waals surface area contributed by atoms with Crippen molar-refractivity contribution in [1.29, 1.82) is 0 Å². The zero-order valence-electron chi connectivity index (χ0n) is 16.4. The minimum Gasteiger partial charge on any atom is -0.326 e. The molecule has 1 aliphatic rings. The molecule has 4 heteroatoms. The lowest BCUT2D eigenvalue weighted by Crippen LogP contribution is -2.43. The van der Waals surface area contributed by atoms with E-state index in [1.165, 1.54) is 0 Å². The van der Waals surface area contributed by atoms with Gasteiger partial charge in [-0.15, -0.1) is 0 Å². The summed E-state index contributed by atoms with van der Waals surface area (Å²) in [5, 5.41) is 2.98. The summed E-state index contributed by atoms with van der Waals surface area (Å²) < 4.78 is 0. The Morgan fingerprint density at radius 2 is 1.52 bits per heavy atom. The van der Waals surface area contributed by atoms with E-state index in [-0.39, 0.29) is 23.8 Å². The molecule has 0 aromatic heterocycles. The molecule has 1 aliphatic heterocycles. The number of para-hydroxylation sites is 2. The highest BCUT2D eigenvalue weighted by Gasteiger charge is 2.34. The monoisotopic (exact) mass is 384 g/mol. The first-order valence-corrected chi connectivity index (χ1v) is 9.96. The van der Waals surface area contributed by atoms with Crippen LogP contribution in [0.3, 0.4) is 0 Å². The Labute approximate surface area is 171 Å². The first-order chi connectivity index (χ1) is 14.1. The molecule has 0 spiro atoms. The van der Waals surface area contributed by atoms with Crippen molar-refractivity contribution in [3.8, 4) is 0 Å². The van der Waals surface area contributed by atoms with Crippen LogP contribution in [0.5, 0.6) is 0 Å². The maximum Gasteiger partial charge on any atom is 0.258 e. The molecule has 4 nitrogen and oxygen atoms in total. The van der Waals surface area contributed by atoms with Crippen LogP contribution < -0.4 is 10.2 Å². The van der Waals surface area contributed by atoms with E-state index in [9.17, 15) is 9.59 Å². The molecule has 0 bridgehead atoms. The molecule has 2 unspecified atom stereocenters. The molecule has 1 N–H and O–H groups in total. The van der Waals surface area contributed by atoms with E-state index in [1.54, 1.807) is 0 Å². The van der Waals surface area contributed by atoms with Crippen LogP contribution in [0, 0.1) is 0 Å². The molecule has 1 heterocycles. The predicted molar refractivity (Wildman–Crippen MR) is 116 cm³/mol. The number of benzene rings is 3. The number of amides is 2. The number of nitrogens with one attached hydrogen (secondary N) is 1. The smallest absolute Gasteiger partial charge is 0.258 e. The van der Waals surface area contributed by atoms with Crippen molar-refractivity contribution >= 4 is 23.2 Å². The van der Waals surface area contributed by atoms with Gasteiger partial charge in [-0.3, -0.25) is 9.59 Å². The summed E-state index contributed by atoms with van der Waals surface area (Å²) >= 11 is 0. The molecule has 3 aromatic rings. The van der Waals surface area contributed by atoms with Gasteiger partial charge in [-0.1, -0.05) is 54.6 Å². The fourth-order valence-electron chi connectivity index (χ4n) is 4.11. The second kappa shape index (κ2) is 8.31. The number of nitrogens with zero attached hydrogens (tertiary/aromatic N) is 1. The molecular weight excluding hydrogens is 360 g/mol. The van der Waals surface area contributed by atoms with E-state index in [4.69, 9.17) is 0 Å². The lowest BCUT2D eigenvalue weighted by atomic mass is 9.83. The number of rotatable bonds is 4. The van der Waals surface area contributed by atoms with E-state index >= 15 is 0 Å². The molecular formula is C25H24N2O2. The Morgan fingerprint density at radius 3 is 2.24 bits per heavy atom. The molecule has 29 heavy (non-hydrogen) atoms. The molecule has 0 saturated heterocycles. The van der Waals surface area contributed by atoms with E-state index in [2.05, 4.69) is 12.2 Å². The van der Waals surface area contributed by atoms with Gasteiger partial charge in [-0.05, 0) is 55.2 Å². The largest absolute Gasteiger partial charge is 0.326 e. The molecule has 0 fully saturated rings. The van der Waals surface area contributed by atoms with Crippen LogP contribution in [-0.4, -0.2) is 17.9 Å². The van der Waals surface area contributed by atoms with Crippen molar-refractivity contribution in [2.45, 2.75) is 31.7 Å². The van der Waals surface area contributed by atoms with Crippen molar-refractivity contribution in [1.82, 2.24) is 0 Å². The van der Waals surface area contributed by atoms with Gasteiger partial charge in [0.15, 0.2) is 0 Å². The van der Waals surface area contributed by atoms with E-state index in [0.29, 0.717) is 12.0 Å². The van der Waals surface area contributed by atoms with E-state index in [1.807, 2.05) is 89.8 Å². The molecule has 4 rings (SSSR count). The highest BCUT2D eigenvalue weighted by atomic mass is 16.2. The lowest BCUT2D eigenvalue weighted by Gasteiger charge is -2.39. The summed E-state index contributed by atoms with van der Waals surface area (Å²) in [5.74, 6) is 0.0634. The summed E-state index contributed by atoms with van der Waals surface area (Å²) in [7, 11) is 0. The molecule has 2 atom stereocenters. The molecule has 0 aliphatic carbocycles. The third-order valence-corrected chi connectivity index (χ3v) is 5.43. The SMILES string of the molecule is CC1CC(CC(=O)Nc2ccccc2)c2ccccc2N1C(=O)c1ccccc1. The molecule has 2 amide bonds. The molecule has 3 aromatic carbocycles. The standard InChI is InChI=1S/C25H24N2O2/c1-18-16-20(17-24(28)26-21-12-6-3-7-13-21)22-14-8-9-15-23(22)27(18)25(29)19-10-4-2-5-11-19/h2-15,18,20H,16-17H2,1H3,(H,26,28). The van der Waals surface area contributed by atoms with Crippen LogP contribution in [0.15, 0.2) is 84.9 Å². The van der Waals surface area contributed by atoms with Crippen LogP contribution in [0.2, 0.25) is 0 Å². The third-order valence-electron chi connectivity index (χ3n) is 5.43. The molecule has 0 radical (unpaired) electrons. The normalized spacial score (nSPS) is 18.0. The fraction of sp³-hybridized carbons (Fsp3) is 0.200. The van der Waals surface area contributed by atoms with Gasteiger partial charge in [0.05, 0.1) is 0 Å². The topological polar surface area (TPSA) is 49.4 Å². The first kappa shape index (κ1) is 18.9. The lowest BCUT2D eigenvalue weighted by molar-refractivity contribution is -0.116. The predicted octanol–water partition coefficient (Wildman–Crippen LogP) is 5.24. The van der Waals surface area contributed by atoms with Crippen molar-refractivity contribution < 1.29 is 9.59 Å². The van der Waals surface area contributed by atoms with Gasteiger partial charge in [0.1, 0.15) is 0 Å². The summed E-state index contributed by atoms with van der Waals surface area (Å²) in [6, 6.07) is 26.8. The van der Waals surface area contributed by atoms with E-state index in [0.717, 1.165) is 23.4 Å². The van der Waals surface area contributed by atoms with Crippen LogP contribution in [0.1, 0.15) is 41.6 Å². The van der Waals surface area contributed by atoms with E-state index < -0.39 is 0 Å². The average Bonchev–Trinajstić information content (AvgIpc) is 2.75. The zero-order valence-corrected chi connectivity index (χ0v) is 16.4. The highest BCUT2D eigenvalue weighted by molar-refractivity contribution is 6.07. The third kappa shape index (κ3) is 4.06. The van der Waals surface area contributed by atoms with Crippen molar-refractivity contribution in [2.24, 2.45) is 0 Å². The highest BCUT2D eigenvalue weighted by Crippen LogP contribution is 2.40. The maximum atomic E-state index is 13.2. The first-order valence-electron chi connectivity index (χ1n) is 9.96. The number of carbonyl (C=O) groups excluding carboxylic acids is 2. The van der Waals surface area contributed by atoms with Gasteiger partial charge in [-0.2, -0.15) is 0 Å². The quantitative estimate of drug-likeness (QED) is 0.669. The van der Waals surface area contributed by atoms with Gasteiger partial charge in [0.25, 0.3) is 5.91 Å². The van der Waals surface area contributed by atoms with Crippen LogP contribution >= 0.6 is 0 Å². The van der Waals surface area contributed by atoms with Crippen molar-refractivity contribution in [2.75, 3.05) is 10.2 Å². The number of anilines is 2. The van der Waals surface area contributed by atoms with Gasteiger partial charge in [0, 0.05) is 29.4 Å². The minimum atomic E-state index is -0.00830. The van der Waals surface area contributed by atoms with Gasteiger partial charge >= 0.3 is 0 Å². The van der Waals surface area contributed by atoms with Gasteiger partial charge in [0.2, 0.25) is 5.91 Å². The number of hydrogen-bond acceptors (Lipinski definition) is 2.